The SMILES string of the molecule is COc1ccc2nc3n(C)c(CC(=O)O)cn3c2c1. The Hall–Kier alpha value is -2.50. The van der Waals surface area contributed by atoms with Gasteiger partial charge in [0, 0.05) is 25.0 Å². The highest BCUT2D eigenvalue weighted by molar-refractivity contribution is 5.81. The Morgan fingerprint density at radius 1 is 1.47 bits per heavy atom. The fourth-order valence-corrected chi connectivity index (χ4v) is 2.23. The number of fused-ring (bicyclic) bond motifs is 3. The number of rotatable bonds is 3. The molecular weight excluding hydrogens is 246 g/mol. The predicted octanol–water partition coefficient (Wildman–Crippen LogP) is 1.46. The van der Waals surface area contributed by atoms with Gasteiger partial charge in [0.1, 0.15) is 5.75 Å². The summed E-state index contributed by atoms with van der Waals surface area (Å²) in [7, 11) is 3.43. The van der Waals surface area contributed by atoms with Gasteiger partial charge in [0.2, 0.25) is 5.78 Å². The molecule has 0 bridgehead atoms. The Bertz CT molecular complexity index is 785. The van der Waals surface area contributed by atoms with Crippen LogP contribution in [-0.2, 0) is 18.3 Å². The van der Waals surface area contributed by atoms with Crippen LogP contribution in [0.4, 0.5) is 0 Å². The summed E-state index contributed by atoms with van der Waals surface area (Å²) in [5, 5.41) is 8.89. The monoisotopic (exact) mass is 259 g/mol. The van der Waals surface area contributed by atoms with E-state index in [1.54, 1.807) is 17.9 Å². The molecule has 1 N–H and O–H groups in total. The maximum absolute atomic E-state index is 10.8. The molecule has 0 aliphatic rings. The lowest BCUT2D eigenvalue weighted by molar-refractivity contribution is -0.136. The average Bonchev–Trinajstić information content (AvgIpc) is 2.87. The maximum atomic E-state index is 10.8. The number of aryl methyl sites for hydroxylation is 1. The minimum atomic E-state index is -0.856. The van der Waals surface area contributed by atoms with E-state index in [9.17, 15) is 4.79 Å². The van der Waals surface area contributed by atoms with Crippen LogP contribution in [0.2, 0.25) is 0 Å². The Morgan fingerprint density at radius 2 is 2.26 bits per heavy atom. The molecule has 0 unspecified atom stereocenters. The van der Waals surface area contributed by atoms with E-state index in [-0.39, 0.29) is 6.42 Å². The molecule has 6 nitrogen and oxygen atoms in total. The summed E-state index contributed by atoms with van der Waals surface area (Å²) in [6.07, 6.45) is 1.78. The molecule has 0 aliphatic carbocycles. The van der Waals surface area contributed by atoms with Crippen molar-refractivity contribution in [1.82, 2.24) is 14.0 Å². The highest BCUT2D eigenvalue weighted by Crippen LogP contribution is 2.23. The summed E-state index contributed by atoms with van der Waals surface area (Å²) >= 11 is 0. The lowest BCUT2D eigenvalue weighted by Gasteiger charge is -1.98. The maximum Gasteiger partial charge on any atom is 0.309 e. The van der Waals surface area contributed by atoms with E-state index >= 15 is 0 Å². The summed E-state index contributed by atoms with van der Waals surface area (Å²) in [5.74, 6) is 0.614. The molecule has 2 heterocycles. The molecule has 0 saturated heterocycles. The smallest absolute Gasteiger partial charge is 0.309 e. The molecule has 6 heteroatoms. The number of aliphatic carboxylic acids is 1. The molecule has 1 aromatic carbocycles. The number of ether oxygens (including phenoxy) is 1. The fourth-order valence-electron chi connectivity index (χ4n) is 2.23. The lowest BCUT2D eigenvalue weighted by atomic mass is 10.3. The Morgan fingerprint density at radius 3 is 2.95 bits per heavy atom. The Balaban J connectivity index is 2.26. The standard InChI is InChI=1S/C13H13N3O3/c1-15-8(5-12(17)18)7-16-11-6-9(19-2)3-4-10(11)14-13(15)16/h3-4,6-7H,5H2,1-2H3,(H,17,18). The van der Waals surface area contributed by atoms with Crippen molar-refractivity contribution in [2.75, 3.05) is 7.11 Å². The van der Waals surface area contributed by atoms with Crippen molar-refractivity contribution < 1.29 is 14.6 Å². The van der Waals surface area contributed by atoms with Gasteiger partial charge >= 0.3 is 5.97 Å². The van der Waals surface area contributed by atoms with E-state index in [2.05, 4.69) is 4.98 Å². The topological polar surface area (TPSA) is 68.8 Å². The first-order valence-corrected chi connectivity index (χ1v) is 5.82. The normalized spacial score (nSPS) is 11.3. The summed E-state index contributed by atoms with van der Waals surface area (Å²) in [5.41, 5.74) is 2.47. The first-order chi connectivity index (χ1) is 9.10. The second kappa shape index (κ2) is 4.01. The van der Waals surface area contributed by atoms with Crippen LogP contribution >= 0.6 is 0 Å². The van der Waals surface area contributed by atoms with E-state index < -0.39 is 5.97 Å². The first-order valence-electron chi connectivity index (χ1n) is 5.82. The zero-order valence-corrected chi connectivity index (χ0v) is 10.6. The van der Waals surface area contributed by atoms with Crippen LogP contribution in [0.15, 0.2) is 24.4 Å². The van der Waals surface area contributed by atoms with Crippen LogP contribution in [0.3, 0.4) is 0 Å². The minimum Gasteiger partial charge on any atom is -0.497 e. The number of methoxy groups -OCH3 is 1. The zero-order valence-electron chi connectivity index (χ0n) is 10.6. The van der Waals surface area contributed by atoms with Crippen molar-refractivity contribution in [2.45, 2.75) is 6.42 Å². The number of carbonyl (C=O) groups is 1. The summed E-state index contributed by atoms with van der Waals surface area (Å²) in [4.78, 5) is 15.3. The predicted molar refractivity (Wildman–Crippen MR) is 69.6 cm³/mol. The molecule has 3 aromatic rings. The molecule has 0 atom stereocenters. The third-order valence-corrected chi connectivity index (χ3v) is 3.22. The third kappa shape index (κ3) is 1.72. The Kier molecular flexibility index (Phi) is 2.45. The van der Waals surface area contributed by atoms with Gasteiger partial charge in [0.25, 0.3) is 0 Å². The second-order valence-electron chi connectivity index (χ2n) is 4.39. The highest BCUT2D eigenvalue weighted by Gasteiger charge is 2.14. The fraction of sp³-hybridized carbons (Fsp3) is 0.231. The average molecular weight is 259 g/mol. The van der Waals surface area contributed by atoms with Crippen LogP contribution in [-0.4, -0.2) is 32.1 Å². The molecule has 0 fully saturated rings. The van der Waals surface area contributed by atoms with E-state index in [1.165, 1.54) is 0 Å². The number of hydrogen-bond donors (Lipinski definition) is 1. The van der Waals surface area contributed by atoms with Crippen molar-refractivity contribution in [3.05, 3.63) is 30.1 Å². The van der Waals surface area contributed by atoms with E-state index in [0.29, 0.717) is 5.69 Å². The molecule has 0 amide bonds. The third-order valence-electron chi connectivity index (χ3n) is 3.22. The lowest BCUT2D eigenvalue weighted by Crippen LogP contribution is -2.05. The van der Waals surface area contributed by atoms with E-state index in [1.807, 2.05) is 29.6 Å². The van der Waals surface area contributed by atoms with Crippen molar-refractivity contribution >= 4 is 22.8 Å². The van der Waals surface area contributed by atoms with Gasteiger partial charge < -0.3 is 14.4 Å². The second-order valence-corrected chi connectivity index (χ2v) is 4.39. The number of carboxylic acid groups (broad SMARTS) is 1. The Labute approximate surface area is 108 Å². The summed E-state index contributed by atoms with van der Waals surface area (Å²) in [6.45, 7) is 0. The number of carboxylic acids is 1. The largest absolute Gasteiger partial charge is 0.497 e. The quantitative estimate of drug-likeness (QED) is 0.773. The number of aromatic nitrogens is 3. The molecule has 0 saturated carbocycles. The van der Waals surface area contributed by atoms with E-state index in [4.69, 9.17) is 9.84 Å². The summed E-state index contributed by atoms with van der Waals surface area (Å²) < 4.78 is 8.88. The number of imidazole rings is 2. The number of hydrogen-bond acceptors (Lipinski definition) is 3. The first kappa shape index (κ1) is 11.6. The molecule has 98 valence electrons. The van der Waals surface area contributed by atoms with Crippen molar-refractivity contribution in [2.24, 2.45) is 7.05 Å². The van der Waals surface area contributed by atoms with Crippen LogP contribution in [0, 0.1) is 0 Å². The van der Waals surface area contributed by atoms with Crippen LogP contribution in [0.1, 0.15) is 5.69 Å². The summed E-state index contributed by atoms with van der Waals surface area (Å²) in [6, 6.07) is 5.63. The van der Waals surface area contributed by atoms with Gasteiger partial charge in [-0.05, 0) is 12.1 Å². The van der Waals surface area contributed by atoms with Gasteiger partial charge in [-0.2, -0.15) is 0 Å². The minimum absolute atomic E-state index is 0.0225. The molecule has 19 heavy (non-hydrogen) atoms. The van der Waals surface area contributed by atoms with Crippen LogP contribution in [0.5, 0.6) is 5.75 Å². The van der Waals surface area contributed by atoms with Gasteiger partial charge in [0.15, 0.2) is 0 Å². The number of nitrogens with zero attached hydrogens (tertiary/aromatic N) is 3. The molecule has 2 aromatic heterocycles. The van der Waals surface area contributed by atoms with Gasteiger partial charge in [0.05, 0.1) is 24.6 Å². The molecule has 0 radical (unpaired) electrons. The van der Waals surface area contributed by atoms with Crippen molar-refractivity contribution in [1.29, 1.82) is 0 Å². The molecule has 0 aliphatic heterocycles. The van der Waals surface area contributed by atoms with Gasteiger partial charge in [-0.15, -0.1) is 0 Å². The van der Waals surface area contributed by atoms with Gasteiger partial charge in [-0.3, -0.25) is 9.20 Å². The van der Waals surface area contributed by atoms with Crippen molar-refractivity contribution in [3.8, 4) is 5.75 Å². The molecular formula is C13H13N3O3. The van der Waals surface area contributed by atoms with Gasteiger partial charge in [-0.25, -0.2) is 4.98 Å². The van der Waals surface area contributed by atoms with Crippen molar-refractivity contribution in [3.63, 3.8) is 0 Å². The molecule has 3 rings (SSSR count). The van der Waals surface area contributed by atoms with Gasteiger partial charge in [-0.1, -0.05) is 0 Å². The van der Waals surface area contributed by atoms with Crippen LogP contribution < -0.4 is 4.74 Å². The number of benzene rings is 1. The molecule has 0 spiro atoms. The zero-order chi connectivity index (χ0) is 13.6. The van der Waals surface area contributed by atoms with Crippen LogP contribution in [0.25, 0.3) is 16.8 Å². The highest BCUT2D eigenvalue weighted by atomic mass is 16.5. The van der Waals surface area contributed by atoms with E-state index in [0.717, 1.165) is 22.6 Å².